The first-order valence-corrected chi connectivity index (χ1v) is 13.1. The summed E-state index contributed by atoms with van der Waals surface area (Å²) in [5, 5.41) is 0.699. The quantitative estimate of drug-likeness (QED) is 0.582. The molecule has 0 atom stereocenters. The van der Waals surface area contributed by atoms with Crippen molar-refractivity contribution in [2.45, 2.75) is 48.5 Å². The summed E-state index contributed by atoms with van der Waals surface area (Å²) in [6, 6.07) is 14.8. The number of hydrogen-bond donors (Lipinski definition) is 1. The Bertz CT molecular complexity index is 1050. The summed E-state index contributed by atoms with van der Waals surface area (Å²) in [4.78, 5) is 14.6. The zero-order valence-corrected chi connectivity index (χ0v) is 21.4. The molecule has 0 saturated heterocycles. The zero-order valence-electron chi connectivity index (χ0n) is 19.0. The minimum atomic E-state index is -3.28. The maximum absolute atomic E-state index is 12.6. The van der Waals surface area contributed by atoms with E-state index in [0.29, 0.717) is 24.5 Å². The van der Waals surface area contributed by atoms with Gasteiger partial charge in [0.15, 0.2) is 9.84 Å². The van der Waals surface area contributed by atoms with Crippen molar-refractivity contribution in [2.24, 2.45) is 5.73 Å². The minimum Gasteiger partial charge on any atom is -0.453 e. The Morgan fingerprint density at radius 2 is 1.85 bits per heavy atom. The van der Waals surface area contributed by atoms with Gasteiger partial charge in [0.2, 0.25) is 0 Å². The van der Waals surface area contributed by atoms with E-state index in [1.165, 1.54) is 13.4 Å². The highest BCUT2D eigenvalue weighted by Crippen LogP contribution is 2.41. The molecule has 1 amide bonds. The molecule has 0 unspecified atom stereocenters. The van der Waals surface area contributed by atoms with E-state index in [9.17, 15) is 13.2 Å². The number of nitrogens with zero attached hydrogens (tertiary/aromatic N) is 1. The lowest BCUT2D eigenvalue weighted by atomic mass is 9.68. The smallest absolute Gasteiger partial charge is 0.409 e. The molecule has 0 spiro atoms. The monoisotopic (exact) mass is 514 g/mol. The molecule has 0 aromatic heterocycles. The summed E-state index contributed by atoms with van der Waals surface area (Å²) in [5.41, 5.74) is 8.08. The Hall–Kier alpha value is -1.80. The van der Waals surface area contributed by atoms with E-state index in [-0.39, 0.29) is 34.9 Å². The highest BCUT2D eigenvalue weighted by Gasteiger charge is 2.38. The third-order valence-electron chi connectivity index (χ3n) is 6.56. The van der Waals surface area contributed by atoms with Crippen LogP contribution in [0, 0.1) is 0 Å². The topological polar surface area (TPSA) is 89.7 Å². The Morgan fingerprint density at radius 3 is 2.42 bits per heavy atom. The lowest BCUT2D eigenvalue weighted by molar-refractivity contribution is 0.0844. The predicted octanol–water partition coefficient (Wildman–Crippen LogP) is 4.62. The molecule has 6 nitrogen and oxygen atoms in total. The lowest BCUT2D eigenvalue weighted by Gasteiger charge is -2.43. The molecule has 1 aliphatic rings. The minimum absolute atomic E-state index is 0. The van der Waals surface area contributed by atoms with Gasteiger partial charge in [-0.15, -0.1) is 12.4 Å². The molecule has 182 valence electrons. The van der Waals surface area contributed by atoms with Crippen molar-refractivity contribution in [3.63, 3.8) is 0 Å². The van der Waals surface area contributed by atoms with Crippen molar-refractivity contribution in [1.82, 2.24) is 4.90 Å². The van der Waals surface area contributed by atoms with Crippen LogP contribution in [0.25, 0.3) is 0 Å². The summed E-state index contributed by atoms with van der Waals surface area (Å²) in [6.07, 6.45) is 4.70. The lowest BCUT2D eigenvalue weighted by Crippen LogP contribution is -2.48. The fourth-order valence-electron chi connectivity index (χ4n) is 4.62. The molecule has 3 rings (SSSR count). The first-order chi connectivity index (χ1) is 15.2. The fraction of sp³-hybridized carbons (Fsp3) is 0.458. The van der Waals surface area contributed by atoms with Gasteiger partial charge in [-0.05, 0) is 67.5 Å². The summed E-state index contributed by atoms with van der Waals surface area (Å²) in [6.45, 7) is 0.980. The molecular formula is C24H32Cl2N2O4S. The molecule has 0 bridgehead atoms. The van der Waals surface area contributed by atoms with Gasteiger partial charge in [0.1, 0.15) is 0 Å². The third kappa shape index (κ3) is 6.63. The second-order valence-corrected chi connectivity index (χ2v) is 11.0. The van der Waals surface area contributed by atoms with E-state index >= 15 is 0 Å². The molecule has 0 heterocycles. The first kappa shape index (κ1) is 27.4. The molecule has 2 aromatic rings. The van der Waals surface area contributed by atoms with Crippen LogP contribution in [0.4, 0.5) is 4.79 Å². The number of nitrogens with two attached hydrogens (primary N) is 1. The van der Waals surface area contributed by atoms with Crippen LogP contribution >= 0.6 is 24.0 Å². The fourth-order valence-corrected chi connectivity index (χ4v) is 5.50. The Balaban J connectivity index is 0.00000385. The second-order valence-electron chi connectivity index (χ2n) is 8.56. The van der Waals surface area contributed by atoms with Crippen molar-refractivity contribution in [3.05, 3.63) is 64.7 Å². The maximum atomic E-state index is 12.6. The average molecular weight is 516 g/mol. The second kappa shape index (κ2) is 11.6. The van der Waals surface area contributed by atoms with Crippen LogP contribution in [-0.2, 0) is 26.4 Å². The van der Waals surface area contributed by atoms with E-state index in [4.69, 9.17) is 22.1 Å². The van der Waals surface area contributed by atoms with E-state index < -0.39 is 9.84 Å². The number of carbonyl (C=O) groups excluding carboxylic acids is 1. The Morgan fingerprint density at radius 1 is 1.18 bits per heavy atom. The first-order valence-electron chi connectivity index (χ1n) is 10.8. The van der Waals surface area contributed by atoms with Crippen LogP contribution in [0.15, 0.2) is 53.4 Å². The predicted molar refractivity (Wildman–Crippen MR) is 134 cm³/mol. The largest absolute Gasteiger partial charge is 0.453 e. The Kier molecular flexibility index (Phi) is 9.61. The number of halogens is 2. The number of hydrogen-bond acceptors (Lipinski definition) is 5. The van der Waals surface area contributed by atoms with Crippen LogP contribution in [0.3, 0.4) is 0 Å². The molecule has 9 heteroatoms. The van der Waals surface area contributed by atoms with Crippen molar-refractivity contribution < 1.29 is 17.9 Å². The highest BCUT2D eigenvalue weighted by molar-refractivity contribution is 7.90. The van der Waals surface area contributed by atoms with Crippen LogP contribution in [-0.4, -0.2) is 51.9 Å². The zero-order chi connectivity index (χ0) is 23.4. The normalized spacial score (nSPS) is 20.5. The number of benzene rings is 2. The summed E-state index contributed by atoms with van der Waals surface area (Å²) in [5.74, 6) is 0. The van der Waals surface area contributed by atoms with E-state index in [1.807, 2.05) is 24.3 Å². The SMILES string of the molecule is COC(=O)N(CCc1cccc(S(C)(=O)=O)c1)[C@H]1CC[C@](CN)(c2cccc(Cl)c2)CC1.Cl. The molecule has 1 aliphatic carbocycles. The molecule has 0 radical (unpaired) electrons. The van der Waals surface area contributed by atoms with Gasteiger partial charge in [0.25, 0.3) is 0 Å². The van der Waals surface area contributed by atoms with Crippen LogP contribution in [0.2, 0.25) is 5.02 Å². The number of rotatable bonds is 7. The van der Waals surface area contributed by atoms with E-state index in [2.05, 4.69) is 6.07 Å². The molecule has 0 aliphatic heterocycles. The molecule has 1 saturated carbocycles. The summed E-state index contributed by atoms with van der Waals surface area (Å²) < 4.78 is 28.8. The van der Waals surface area contributed by atoms with Crippen molar-refractivity contribution >= 4 is 39.9 Å². The molecule has 2 aromatic carbocycles. The number of amides is 1. The number of ether oxygens (including phenoxy) is 1. The van der Waals surface area contributed by atoms with Gasteiger partial charge in [-0.25, -0.2) is 13.2 Å². The molecule has 1 fully saturated rings. The van der Waals surface area contributed by atoms with Gasteiger partial charge >= 0.3 is 6.09 Å². The van der Waals surface area contributed by atoms with Crippen molar-refractivity contribution in [1.29, 1.82) is 0 Å². The summed E-state index contributed by atoms with van der Waals surface area (Å²) in [7, 11) is -1.89. The van der Waals surface area contributed by atoms with E-state index in [1.54, 1.807) is 23.1 Å². The van der Waals surface area contributed by atoms with Crippen LogP contribution < -0.4 is 5.73 Å². The van der Waals surface area contributed by atoms with Gasteiger partial charge in [0.05, 0.1) is 12.0 Å². The van der Waals surface area contributed by atoms with Crippen molar-refractivity contribution in [2.75, 3.05) is 26.5 Å². The van der Waals surface area contributed by atoms with Crippen molar-refractivity contribution in [3.8, 4) is 0 Å². The third-order valence-corrected chi connectivity index (χ3v) is 7.90. The molecular weight excluding hydrogens is 483 g/mol. The van der Waals surface area contributed by atoms with Gasteiger partial charge in [0, 0.05) is 35.8 Å². The molecule has 33 heavy (non-hydrogen) atoms. The standard InChI is InChI=1S/C24H31ClN2O4S.ClH/c1-31-23(28)27(14-11-18-5-3-8-22(15-18)32(2,29)30)21-9-12-24(17-26,13-10-21)19-6-4-7-20(25)16-19;/h3-8,15-16,21H,9-14,17,26H2,1-2H3;1H/t21-,24-;. The number of methoxy groups -OCH3 is 1. The van der Waals surface area contributed by atoms with Crippen LogP contribution in [0.5, 0.6) is 0 Å². The highest BCUT2D eigenvalue weighted by atomic mass is 35.5. The summed E-state index contributed by atoms with van der Waals surface area (Å²) >= 11 is 6.21. The van der Waals surface area contributed by atoms with E-state index in [0.717, 1.165) is 36.8 Å². The van der Waals surface area contributed by atoms with Gasteiger partial charge in [-0.1, -0.05) is 35.9 Å². The average Bonchev–Trinajstić information content (AvgIpc) is 2.79. The van der Waals surface area contributed by atoms with Gasteiger partial charge < -0.3 is 15.4 Å². The van der Waals surface area contributed by atoms with Gasteiger partial charge in [-0.2, -0.15) is 0 Å². The maximum Gasteiger partial charge on any atom is 0.409 e. The number of carbonyl (C=O) groups is 1. The van der Waals surface area contributed by atoms with Crippen LogP contribution in [0.1, 0.15) is 36.8 Å². The van der Waals surface area contributed by atoms with Gasteiger partial charge in [-0.3, -0.25) is 0 Å². The number of sulfone groups is 1. The molecule has 2 N–H and O–H groups in total. The Labute approximate surface area is 207 Å².